The number of anilines is 1. The van der Waals surface area contributed by atoms with Crippen LogP contribution in [0.1, 0.15) is 23.2 Å². The molecule has 1 aliphatic rings. The number of halogens is 1. The highest BCUT2D eigenvalue weighted by molar-refractivity contribution is 7.92. The average Bonchev–Trinajstić information content (AvgIpc) is 2.65. The Balaban J connectivity index is 2.15. The Hall–Kier alpha value is -1.27. The van der Waals surface area contributed by atoms with E-state index in [0.717, 1.165) is 0 Å². The minimum absolute atomic E-state index is 0.0831. The maximum atomic E-state index is 11.7. The summed E-state index contributed by atoms with van der Waals surface area (Å²) in [5, 5.41) is 11.9. The summed E-state index contributed by atoms with van der Waals surface area (Å²) >= 11 is 5.82. The molecule has 0 spiro atoms. The van der Waals surface area contributed by atoms with E-state index >= 15 is 0 Å². The van der Waals surface area contributed by atoms with Crippen LogP contribution in [0.3, 0.4) is 0 Å². The first-order chi connectivity index (χ1) is 8.90. The van der Waals surface area contributed by atoms with Gasteiger partial charge in [0.15, 0.2) is 9.84 Å². The standard InChI is InChI=1S/C12H14ClNO4S/c13-8-3-4-10(12(15)16)11(6-8)14-7-9-2-1-5-19(9,17)18/h3-4,6,9,14H,1-2,5,7H2,(H,15,16). The first kappa shape index (κ1) is 14.1. The molecule has 19 heavy (non-hydrogen) atoms. The molecular formula is C12H14ClNO4S. The van der Waals surface area contributed by atoms with Gasteiger partial charge in [-0.05, 0) is 31.0 Å². The Morgan fingerprint density at radius 3 is 2.79 bits per heavy atom. The van der Waals surface area contributed by atoms with E-state index in [9.17, 15) is 13.2 Å². The van der Waals surface area contributed by atoms with Crippen LogP contribution < -0.4 is 5.32 Å². The fourth-order valence-electron chi connectivity index (χ4n) is 2.16. The smallest absolute Gasteiger partial charge is 0.337 e. The summed E-state index contributed by atoms with van der Waals surface area (Å²) in [7, 11) is -3.04. The Labute approximate surface area is 116 Å². The molecule has 0 aromatic heterocycles. The molecule has 1 aromatic carbocycles. The number of nitrogens with one attached hydrogen (secondary N) is 1. The van der Waals surface area contributed by atoms with E-state index in [0.29, 0.717) is 23.6 Å². The van der Waals surface area contributed by atoms with Gasteiger partial charge in [-0.3, -0.25) is 0 Å². The lowest BCUT2D eigenvalue weighted by Gasteiger charge is -2.14. The van der Waals surface area contributed by atoms with Crippen molar-refractivity contribution in [2.45, 2.75) is 18.1 Å². The predicted molar refractivity (Wildman–Crippen MR) is 73.7 cm³/mol. The van der Waals surface area contributed by atoms with Gasteiger partial charge in [0.2, 0.25) is 0 Å². The molecule has 0 radical (unpaired) electrons. The Bertz CT molecular complexity index is 600. The number of hydrogen-bond acceptors (Lipinski definition) is 4. The third kappa shape index (κ3) is 3.19. The summed E-state index contributed by atoms with van der Waals surface area (Å²) in [6.07, 6.45) is 1.27. The molecule has 0 saturated carbocycles. The van der Waals surface area contributed by atoms with Gasteiger partial charge in [0.05, 0.1) is 22.3 Å². The Morgan fingerprint density at radius 2 is 2.21 bits per heavy atom. The van der Waals surface area contributed by atoms with Gasteiger partial charge in [0.1, 0.15) is 0 Å². The van der Waals surface area contributed by atoms with Crippen molar-refractivity contribution in [3.8, 4) is 0 Å². The fourth-order valence-corrected chi connectivity index (χ4v) is 4.10. The molecule has 2 rings (SSSR count). The van der Waals surface area contributed by atoms with Crippen LogP contribution >= 0.6 is 11.6 Å². The van der Waals surface area contributed by atoms with Crippen molar-refractivity contribution in [2.24, 2.45) is 0 Å². The normalized spacial score (nSPS) is 21.2. The number of hydrogen-bond donors (Lipinski definition) is 2. The zero-order valence-corrected chi connectivity index (χ0v) is 11.7. The van der Waals surface area contributed by atoms with Crippen LogP contribution in [0.15, 0.2) is 18.2 Å². The third-order valence-electron chi connectivity index (χ3n) is 3.20. The second kappa shape index (κ2) is 5.38. The van der Waals surface area contributed by atoms with Crippen molar-refractivity contribution < 1.29 is 18.3 Å². The zero-order chi connectivity index (χ0) is 14.0. The van der Waals surface area contributed by atoms with E-state index in [4.69, 9.17) is 16.7 Å². The fraction of sp³-hybridized carbons (Fsp3) is 0.417. The largest absolute Gasteiger partial charge is 0.478 e. The number of rotatable bonds is 4. The number of carboxylic acids is 1. The van der Waals surface area contributed by atoms with Crippen molar-refractivity contribution in [1.29, 1.82) is 0 Å². The van der Waals surface area contributed by atoms with Crippen LogP contribution in [-0.4, -0.2) is 37.0 Å². The van der Waals surface area contributed by atoms with Crippen LogP contribution in [0.4, 0.5) is 5.69 Å². The summed E-state index contributed by atoms with van der Waals surface area (Å²) in [6.45, 7) is 0.211. The first-order valence-corrected chi connectivity index (χ1v) is 7.98. The van der Waals surface area contributed by atoms with Gasteiger partial charge in [0.25, 0.3) is 0 Å². The van der Waals surface area contributed by atoms with Crippen molar-refractivity contribution in [3.05, 3.63) is 28.8 Å². The highest BCUT2D eigenvalue weighted by Gasteiger charge is 2.31. The van der Waals surface area contributed by atoms with E-state index in [1.807, 2.05) is 0 Å². The highest BCUT2D eigenvalue weighted by Crippen LogP contribution is 2.24. The summed E-state index contributed by atoms with van der Waals surface area (Å²) in [5.74, 6) is -0.867. The second-order valence-electron chi connectivity index (χ2n) is 4.51. The molecule has 5 nitrogen and oxygen atoms in total. The maximum absolute atomic E-state index is 11.7. The molecule has 0 bridgehead atoms. The van der Waals surface area contributed by atoms with E-state index < -0.39 is 21.1 Å². The minimum Gasteiger partial charge on any atom is -0.478 e. The predicted octanol–water partition coefficient (Wildman–Crippen LogP) is 2.03. The molecule has 1 atom stereocenters. The molecular weight excluding hydrogens is 290 g/mol. The quantitative estimate of drug-likeness (QED) is 0.889. The average molecular weight is 304 g/mol. The van der Waals surface area contributed by atoms with Crippen LogP contribution in [-0.2, 0) is 9.84 Å². The molecule has 1 aliphatic heterocycles. The van der Waals surface area contributed by atoms with Crippen molar-refractivity contribution in [3.63, 3.8) is 0 Å². The van der Waals surface area contributed by atoms with Gasteiger partial charge in [-0.2, -0.15) is 0 Å². The monoisotopic (exact) mass is 303 g/mol. The number of carbonyl (C=O) groups is 1. The minimum atomic E-state index is -3.04. The van der Waals surface area contributed by atoms with Gasteiger partial charge in [-0.25, -0.2) is 13.2 Å². The lowest BCUT2D eigenvalue weighted by atomic mass is 10.1. The summed E-state index contributed by atoms with van der Waals surface area (Å²) in [5.41, 5.74) is 0.432. The van der Waals surface area contributed by atoms with Gasteiger partial charge < -0.3 is 10.4 Å². The number of benzene rings is 1. The summed E-state index contributed by atoms with van der Waals surface area (Å²) in [6, 6.07) is 4.38. The first-order valence-electron chi connectivity index (χ1n) is 5.88. The topological polar surface area (TPSA) is 83.5 Å². The van der Waals surface area contributed by atoms with Crippen LogP contribution in [0.25, 0.3) is 0 Å². The van der Waals surface area contributed by atoms with Crippen molar-refractivity contribution in [1.82, 2.24) is 0 Å². The van der Waals surface area contributed by atoms with Gasteiger partial charge in [-0.15, -0.1) is 0 Å². The molecule has 1 saturated heterocycles. The molecule has 1 fully saturated rings. The second-order valence-corrected chi connectivity index (χ2v) is 7.34. The van der Waals surface area contributed by atoms with Gasteiger partial charge in [0, 0.05) is 11.6 Å². The maximum Gasteiger partial charge on any atom is 0.337 e. The third-order valence-corrected chi connectivity index (χ3v) is 5.71. The lowest BCUT2D eigenvalue weighted by molar-refractivity contribution is 0.0698. The highest BCUT2D eigenvalue weighted by atomic mass is 35.5. The molecule has 104 valence electrons. The van der Waals surface area contributed by atoms with Crippen molar-refractivity contribution in [2.75, 3.05) is 17.6 Å². The molecule has 0 amide bonds. The SMILES string of the molecule is O=C(O)c1ccc(Cl)cc1NCC1CCCS1(=O)=O. The molecule has 1 heterocycles. The Kier molecular flexibility index (Phi) is 4.01. The number of aromatic carboxylic acids is 1. The van der Waals surface area contributed by atoms with Crippen molar-refractivity contribution >= 4 is 33.1 Å². The van der Waals surface area contributed by atoms with E-state index in [1.165, 1.54) is 18.2 Å². The molecule has 0 aliphatic carbocycles. The molecule has 7 heteroatoms. The molecule has 1 aromatic rings. The van der Waals surface area contributed by atoms with Crippen LogP contribution in [0.5, 0.6) is 0 Å². The zero-order valence-electron chi connectivity index (χ0n) is 10.1. The van der Waals surface area contributed by atoms with E-state index in [-0.39, 0.29) is 17.9 Å². The number of carboxylic acid groups (broad SMARTS) is 1. The van der Waals surface area contributed by atoms with Crippen LogP contribution in [0.2, 0.25) is 5.02 Å². The van der Waals surface area contributed by atoms with E-state index in [1.54, 1.807) is 0 Å². The van der Waals surface area contributed by atoms with Gasteiger partial charge in [-0.1, -0.05) is 11.6 Å². The molecule has 2 N–H and O–H groups in total. The number of sulfone groups is 1. The Morgan fingerprint density at radius 1 is 1.47 bits per heavy atom. The molecule has 1 unspecified atom stereocenters. The lowest BCUT2D eigenvalue weighted by Crippen LogP contribution is -2.25. The van der Waals surface area contributed by atoms with Crippen LogP contribution in [0, 0.1) is 0 Å². The summed E-state index contributed by atoms with van der Waals surface area (Å²) < 4.78 is 23.4. The van der Waals surface area contributed by atoms with E-state index in [2.05, 4.69) is 5.32 Å². The summed E-state index contributed by atoms with van der Waals surface area (Å²) in [4.78, 5) is 11.1. The van der Waals surface area contributed by atoms with Gasteiger partial charge >= 0.3 is 5.97 Å².